The van der Waals surface area contributed by atoms with Gasteiger partial charge in [-0.05, 0) is 43.7 Å². The standard InChI is InChI=1S/C15H15ClN4OS/c1-8-9(2)22-14-13(8)15(21)20(17)12(19-14)7-18-11-5-3-10(16)4-6-11/h3-6,18H,7,17H2,1-2H3. The second kappa shape index (κ2) is 5.62. The summed E-state index contributed by atoms with van der Waals surface area (Å²) in [7, 11) is 0. The first-order valence-corrected chi connectivity index (χ1v) is 7.93. The summed E-state index contributed by atoms with van der Waals surface area (Å²) in [5.41, 5.74) is 1.63. The number of fused-ring (bicyclic) bond motifs is 1. The number of rotatable bonds is 3. The average molecular weight is 335 g/mol. The van der Waals surface area contributed by atoms with E-state index in [1.807, 2.05) is 26.0 Å². The van der Waals surface area contributed by atoms with E-state index in [2.05, 4.69) is 10.3 Å². The molecule has 3 N–H and O–H groups in total. The Bertz CT molecular complexity index is 899. The first-order chi connectivity index (χ1) is 10.5. The van der Waals surface area contributed by atoms with E-state index < -0.39 is 0 Å². The maximum Gasteiger partial charge on any atom is 0.281 e. The van der Waals surface area contributed by atoms with E-state index in [0.717, 1.165) is 25.6 Å². The molecule has 1 aromatic carbocycles. The molecule has 0 radical (unpaired) electrons. The molecule has 3 aromatic rings. The van der Waals surface area contributed by atoms with Gasteiger partial charge in [0.25, 0.3) is 5.56 Å². The van der Waals surface area contributed by atoms with Gasteiger partial charge in [0.15, 0.2) is 5.82 Å². The monoisotopic (exact) mass is 334 g/mol. The zero-order chi connectivity index (χ0) is 15.9. The number of thiophene rings is 1. The van der Waals surface area contributed by atoms with Crippen LogP contribution in [0.25, 0.3) is 10.2 Å². The minimum atomic E-state index is -0.209. The van der Waals surface area contributed by atoms with Crippen molar-refractivity contribution >= 4 is 38.8 Å². The third-order valence-electron chi connectivity index (χ3n) is 3.60. The van der Waals surface area contributed by atoms with Gasteiger partial charge in [-0.2, -0.15) is 0 Å². The van der Waals surface area contributed by atoms with Crippen molar-refractivity contribution in [3.05, 3.63) is 55.9 Å². The van der Waals surface area contributed by atoms with Crippen molar-refractivity contribution in [2.75, 3.05) is 11.2 Å². The molecular weight excluding hydrogens is 320 g/mol. The lowest BCUT2D eigenvalue weighted by molar-refractivity contribution is 0.806. The number of halogens is 1. The molecule has 0 spiro atoms. The van der Waals surface area contributed by atoms with Crippen LogP contribution in [0.1, 0.15) is 16.3 Å². The quantitative estimate of drug-likeness (QED) is 0.722. The van der Waals surface area contributed by atoms with Crippen LogP contribution in [-0.4, -0.2) is 9.66 Å². The van der Waals surface area contributed by atoms with Gasteiger partial charge in [-0.15, -0.1) is 11.3 Å². The number of anilines is 1. The van der Waals surface area contributed by atoms with Crippen molar-refractivity contribution < 1.29 is 0 Å². The normalized spacial score (nSPS) is 11.0. The third-order valence-corrected chi connectivity index (χ3v) is 4.96. The van der Waals surface area contributed by atoms with E-state index >= 15 is 0 Å². The molecule has 0 aliphatic carbocycles. The Hall–Kier alpha value is -2.05. The highest BCUT2D eigenvalue weighted by Crippen LogP contribution is 2.26. The Balaban J connectivity index is 1.95. The molecule has 2 heterocycles. The highest BCUT2D eigenvalue weighted by Gasteiger charge is 2.14. The Morgan fingerprint density at radius 2 is 2.00 bits per heavy atom. The number of benzene rings is 1. The van der Waals surface area contributed by atoms with E-state index in [0.29, 0.717) is 22.8 Å². The van der Waals surface area contributed by atoms with Gasteiger partial charge in [0.2, 0.25) is 0 Å². The SMILES string of the molecule is Cc1sc2nc(CNc3ccc(Cl)cc3)n(N)c(=O)c2c1C. The fourth-order valence-corrected chi connectivity index (χ4v) is 3.39. The van der Waals surface area contributed by atoms with Gasteiger partial charge in [0.1, 0.15) is 4.83 Å². The summed E-state index contributed by atoms with van der Waals surface area (Å²) in [6.07, 6.45) is 0. The van der Waals surface area contributed by atoms with Gasteiger partial charge in [-0.25, -0.2) is 9.66 Å². The Labute approximate surface area is 136 Å². The Kier molecular flexibility index (Phi) is 3.80. The zero-order valence-electron chi connectivity index (χ0n) is 12.2. The number of aromatic nitrogens is 2. The van der Waals surface area contributed by atoms with Crippen molar-refractivity contribution in [3.63, 3.8) is 0 Å². The maximum absolute atomic E-state index is 12.4. The van der Waals surface area contributed by atoms with Crippen LogP contribution in [-0.2, 0) is 6.54 Å². The second-order valence-electron chi connectivity index (χ2n) is 5.03. The minimum absolute atomic E-state index is 0.209. The zero-order valence-corrected chi connectivity index (χ0v) is 13.8. The van der Waals surface area contributed by atoms with Gasteiger partial charge in [-0.1, -0.05) is 11.6 Å². The van der Waals surface area contributed by atoms with Crippen molar-refractivity contribution in [3.8, 4) is 0 Å². The molecule has 0 atom stereocenters. The summed E-state index contributed by atoms with van der Waals surface area (Å²) in [5, 5.41) is 4.47. The molecule has 2 aromatic heterocycles. The van der Waals surface area contributed by atoms with Gasteiger partial charge in [0, 0.05) is 15.6 Å². The van der Waals surface area contributed by atoms with E-state index in [1.54, 1.807) is 12.1 Å². The number of nitrogens with zero attached hydrogens (tertiary/aromatic N) is 2. The van der Waals surface area contributed by atoms with Gasteiger partial charge in [0.05, 0.1) is 11.9 Å². The number of aryl methyl sites for hydroxylation is 2. The first-order valence-electron chi connectivity index (χ1n) is 6.73. The van der Waals surface area contributed by atoms with Crippen molar-refractivity contribution in [2.45, 2.75) is 20.4 Å². The molecule has 0 aliphatic rings. The smallest absolute Gasteiger partial charge is 0.281 e. The van der Waals surface area contributed by atoms with Crippen LogP contribution in [0.3, 0.4) is 0 Å². The molecule has 0 saturated heterocycles. The van der Waals surface area contributed by atoms with Crippen LogP contribution < -0.4 is 16.7 Å². The van der Waals surface area contributed by atoms with E-state index in [4.69, 9.17) is 17.4 Å². The molecule has 0 bridgehead atoms. The van der Waals surface area contributed by atoms with Gasteiger partial charge >= 0.3 is 0 Å². The summed E-state index contributed by atoms with van der Waals surface area (Å²) in [5.74, 6) is 6.39. The molecule has 0 aliphatic heterocycles. The van der Waals surface area contributed by atoms with E-state index in [1.165, 1.54) is 11.3 Å². The number of nitrogens with one attached hydrogen (secondary N) is 1. The van der Waals surface area contributed by atoms with Crippen LogP contribution in [0.5, 0.6) is 0 Å². The highest BCUT2D eigenvalue weighted by molar-refractivity contribution is 7.18. The third kappa shape index (κ3) is 2.55. The lowest BCUT2D eigenvalue weighted by Gasteiger charge is -2.09. The van der Waals surface area contributed by atoms with Crippen molar-refractivity contribution in [1.29, 1.82) is 0 Å². The van der Waals surface area contributed by atoms with Crippen LogP contribution in [0.2, 0.25) is 5.02 Å². The van der Waals surface area contributed by atoms with Crippen LogP contribution in [0.4, 0.5) is 5.69 Å². The second-order valence-corrected chi connectivity index (χ2v) is 6.67. The molecule has 3 rings (SSSR count). The summed E-state index contributed by atoms with van der Waals surface area (Å²) < 4.78 is 1.12. The van der Waals surface area contributed by atoms with Crippen LogP contribution in [0.15, 0.2) is 29.1 Å². The number of hydrogen-bond acceptors (Lipinski definition) is 5. The fourth-order valence-electron chi connectivity index (χ4n) is 2.22. The fraction of sp³-hybridized carbons (Fsp3) is 0.200. The molecule has 114 valence electrons. The highest BCUT2D eigenvalue weighted by atomic mass is 35.5. The lowest BCUT2D eigenvalue weighted by Crippen LogP contribution is -2.32. The van der Waals surface area contributed by atoms with E-state index in [-0.39, 0.29) is 5.56 Å². The predicted octanol–water partition coefficient (Wildman–Crippen LogP) is 3.05. The summed E-state index contributed by atoms with van der Waals surface area (Å²) in [6.45, 7) is 4.26. The molecule has 5 nitrogen and oxygen atoms in total. The first kappa shape index (κ1) is 14.9. The minimum Gasteiger partial charge on any atom is -0.378 e. The lowest BCUT2D eigenvalue weighted by atomic mass is 10.2. The molecular formula is C15H15ClN4OS. The van der Waals surface area contributed by atoms with Crippen LogP contribution in [0, 0.1) is 13.8 Å². The van der Waals surface area contributed by atoms with Gasteiger partial charge < -0.3 is 11.2 Å². The van der Waals surface area contributed by atoms with Crippen LogP contribution >= 0.6 is 22.9 Å². The Morgan fingerprint density at radius 1 is 1.32 bits per heavy atom. The topological polar surface area (TPSA) is 72.9 Å². The predicted molar refractivity (Wildman–Crippen MR) is 92.3 cm³/mol. The summed E-state index contributed by atoms with van der Waals surface area (Å²) >= 11 is 7.37. The summed E-state index contributed by atoms with van der Waals surface area (Å²) in [4.78, 5) is 18.7. The number of hydrogen-bond donors (Lipinski definition) is 2. The van der Waals surface area contributed by atoms with Crippen molar-refractivity contribution in [2.24, 2.45) is 0 Å². The number of nitrogen functional groups attached to an aromatic ring is 1. The molecule has 0 saturated carbocycles. The van der Waals surface area contributed by atoms with Gasteiger partial charge in [-0.3, -0.25) is 4.79 Å². The molecule has 0 amide bonds. The Morgan fingerprint density at radius 3 is 2.68 bits per heavy atom. The molecule has 22 heavy (non-hydrogen) atoms. The molecule has 7 heteroatoms. The molecule has 0 fully saturated rings. The largest absolute Gasteiger partial charge is 0.378 e. The van der Waals surface area contributed by atoms with E-state index in [9.17, 15) is 4.79 Å². The maximum atomic E-state index is 12.4. The average Bonchev–Trinajstić information content (AvgIpc) is 2.78. The summed E-state index contributed by atoms with van der Waals surface area (Å²) in [6, 6.07) is 7.31. The number of nitrogens with two attached hydrogens (primary N) is 1. The molecule has 0 unspecified atom stereocenters. The van der Waals surface area contributed by atoms with Crippen molar-refractivity contribution in [1.82, 2.24) is 9.66 Å².